The summed E-state index contributed by atoms with van der Waals surface area (Å²) in [5.41, 5.74) is 0. The number of hydrogen-bond donors (Lipinski definition) is 2. The average Bonchev–Trinajstić information content (AvgIpc) is 3.69. The average molecular weight is 877 g/mol. The van der Waals surface area contributed by atoms with E-state index in [0.29, 0.717) is 19.1 Å². The Balaban J connectivity index is 2.43. The van der Waals surface area contributed by atoms with Crippen LogP contribution in [0.15, 0.2) is 12.3 Å². The molecule has 1 saturated heterocycles. The monoisotopic (exact) mass is 877 g/mol. The number of nitrogens with one attached hydrogen (secondary N) is 1. The highest BCUT2D eigenvalue weighted by molar-refractivity contribution is 5.76. The smallest absolute Gasteiger partial charge is 0.323 e. The fraction of sp³-hybridized carbons (Fsp3) is 0.926. The Bertz CT molecular complexity index is 1020. The molecule has 0 spiro atoms. The van der Waals surface area contributed by atoms with Gasteiger partial charge in [-0.15, -0.1) is 0 Å². The summed E-state index contributed by atoms with van der Waals surface area (Å²) in [6, 6.07) is 0.0475. The van der Waals surface area contributed by atoms with Gasteiger partial charge in [-0.2, -0.15) is 0 Å². The number of aliphatic hydroxyl groups excluding tert-OH is 1. The molecule has 8 nitrogen and oxygen atoms in total. The third-order valence-corrected chi connectivity index (χ3v) is 13.3. The third-order valence-electron chi connectivity index (χ3n) is 13.3. The van der Waals surface area contributed by atoms with Gasteiger partial charge >= 0.3 is 11.9 Å². The van der Waals surface area contributed by atoms with E-state index in [1.54, 1.807) is 0 Å². The van der Waals surface area contributed by atoms with Crippen LogP contribution >= 0.6 is 0 Å². The molecule has 2 N–H and O–H groups in total. The summed E-state index contributed by atoms with van der Waals surface area (Å²) in [6.45, 7) is 17.9. The highest BCUT2D eigenvalue weighted by atomic mass is 16.5. The van der Waals surface area contributed by atoms with Crippen LogP contribution in [0.4, 0.5) is 0 Å². The van der Waals surface area contributed by atoms with E-state index in [2.05, 4.69) is 44.5 Å². The van der Waals surface area contributed by atoms with Crippen molar-refractivity contribution in [3.05, 3.63) is 12.3 Å². The van der Waals surface area contributed by atoms with E-state index < -0.39 is 0 Å². The summed E-state index contributed by atoms with van der Waals surface area (Å²) < 4.78 is 18.0. The maximum Gasteiger partial charge on any atom is 0.323 e. The molecule has 366 valence electrons. The van der Waals surface area contributed by atoms with Crippen LogP contribution in [0.3, 0.4) is 0 Å². The normalized spacial score (nSPS) is 16.4. The largest absolute Gasteiger partial charge is 0.498 e. The topological polar surface area (TPSA) is 97.3 Å². The lowest BCUT2D eigenvalue weighted by atomic mass is 9.93. The summed E-state index contributed by atoms with van der Waals surface area (Å²) in [5.74, 6) is 1.49. The molecule has 1 aliphatic heterocycles. The van der Waals surface area contributed by atoms with Crippen molar-refractivity contribution in [3.8, 4) is 0 Å². The van der Waals surface area contributed by atoms with Gasteiger partial charge in [0.25, 0.3) is 0 Å². The molecule has 4 atom stereocenters. The fourth-order valence-electron chi connectivity index (χ4n) is 9.12. The summed E-state index contributed by atoms with van der Waals surface area (Å²) >= 11 is 0. The van der Waals surface area contributed by atoms with E-state index in [9.17, 15) is 14.7 Å². The predicted molar refractivity (Wildman–Crippen MR) is 263 cm³/mol. The molecular weight excluding hydrogens is 773 g/mol. The highest BCUT2D eigenvalue weighted by Gasteiger charge is 2.37. The summed E-state index contributed by atoms with van der Waals surface area (Å²) in [4.78, 5) is 28.8. The van der Waals surface area contributed by atoms with E-state index in [4.69, 9.17) is 14.2 Å². The van der Waals surface area contributed by atoms with Gasteiger partial charge in [0, 0.05) is 25.1 Å². The van der Waals surface area contributed by atoms with Gasteiger partial charge in [0.15, 0.2) is 0 Å². The predicted octanol–water partition coefficient (Wildman–Crippen LogP) is 14.2. The maximum atomic E-state index is 13.4. The van der Waals surface area contributed by atoms with Crippen LogP contribution in [-0.2, 0) is 23.8 Å². The number of carbonyl (C=O) groups is 2. The van der Waals surface area contributed by atoms with Crippen molar-refractivity contribution in [2.75, 3.05) is 46.1 Å². The van der Waals surface area contributed by atoms with E-state index in [1.807, 2.05) is 0 Å². The number of unbranched alkanes of at least 4 members (excludes halogenated alkanes) is 23. The Hall–Kier alpha value is -1.64. The van der Waals surface area contributed by atoms with Gasteiger partial charge in [0.2, 0.25) is 0 Å². The van der Waals surface area contributed by atoms with E-state index in [1.165, 1.54) is 128 Å². The van der Waals surface area contributed by atoms with Crippen molar-refractivity contribution in [2.45, 2.75) is 265 Å². The number of ether oxygens (including phenoxy) is 3. The van der Waals surface area contributed by atoms with Crippen molar-refractivity contribution in [1.82, 2.24) is 10.2 Å². The first-order valence-corrected chi connectivity index (χ1v) is 27.1. The molecule has 0 amide bonds. The lowest BCUT2D eigenvalue weighted by Crippen LogP contribution is -2.38. The molecule has 1 heterocycles. The summed E-state index contributed by atoms with van der Waals surface area (Å²) in [7, 11) is 0. The van der Waals surface area contributed by atoms with Gasteiger partial charge in [0.05, 0.1) is 31.5 Å². The first-order chi connectivity index (χ1) is 30.4. The zero-order valence-electron chi connectivity index (χ0n) is 41.7. The van der Waals surface area contributed by atoms with Crippen molar-refractivity contribution in [3.63, 3.8) is 0 Å². The molecule has 0 radical (unpaired) electrons. The fourth-order valence-corrected chi connectivity index (χ4v) is 9.12. The minimum absolute atomic E-state index is 0.0251. The lowest BCUT2D eigenvalue weighted by Gasteiger charge is -2.23. The zero-order valence-corrected chi connectivity index (χ0v) is 41.7. The van der Waals surface area contributed by atoms with Crippen molar-refractivity contribution in [2.24, 2.45) is 11.8 Å². The standard InChI is InChI=1S/C54H104N2O6/c1-6-10-14-18-20-28-37-49(36-26-16-12-8-3)48(5)60-43-33-24-25-35-45-62-54(59)52-46-51(55-40-30-32-42-57)47-56(52)41-31-22-23-34-44-61-53(58)50(38-27-17-13-9-4)39-29-21-19-15-11-7-2/h49-52,55,57H,5-47H2,1-4H3/t49?,50?,51?,52-/m0/s1. The van der Waals surface area contributed by atoms with Crippen LogP contribution in [0.2, 0.25) is 0 Å². The number of carbonyl (C=O) groups excluding carboxylic acids is 2. The molecule has 1 aliphatic rings. The second-order valence-electron chi connectivity index (χ2n) is 19.0. The van der Waals surface area contributed by atoms with E-state index >= 15 is 0 Å². The molecule has 8 heteroatoms. The minimum Gasteiger partial charge on any atom is -0.498 e. The van der Waals surface area contributed by atoms with Crippen LogP contribution in [0, 0.1) is 11.8 Å². The SMILES string of the molecule is C=C(OCCCCCCOC(=O)[C@@H]1CC(NCCCCO)CN1CCCCCCOC(=O)C(CCCCCC)CCCCCCCC)C(CCCCCC)CCCCCCCC. The molecule has 0 saturated carbocycles. The molecule has 3 unspecified atom stereocenters. The van der Waals surface area contributed by atoms with Gasteiger partial charge in [0.1, 0.15) is 6.04 Å². The molecule has 0 aromatic rings. The van der Waals surface area contributed by atoms with Gasteiger partial charge in [-0.3, -0.25) is 14.5 Å². The van der Waals surface area contributed by atoms with Crippen LogP contribution in [0.1, 0.15) is 252 Å². The Morgan fingerprint density at radius 3 is 1.52 bits per heavy atom. The number of nitrogens with zero attached hydrogens (tertiary/aromatic N) is 1. The van der Waals surface area contributed by atoms with Gasteiger partial charge in [-0.1, -0.05) is 176 Å². The molecule has 0 bridgehead atoms. The molecule has 1 rings (SSSR count). The molecule has 0 aromatic heterocycles. The van der Waals surface area contributed by atoms with Crippen LogP contribution in [-0.4, -0.2) is 80.1 Å². The first kappa shape index (κ1) is 58.4. The number of rotatable bonds is 47. The van der Waals surface area contributed by atoms with Crippen molar-refractivity contribution >= 4 is 11.9 Å². The number of hydrogen-bond acceptors (Lipinski definition) is 8. The first-order valence-electron chi connectivity index (χ1n) is 27.1. The van der Waals surface area contributed by atoms with Crippen molar-refractivity contribution < 1.29 is 28.9 Å². The molecule has 1 fully saturated rings. The maximum absolute atomic E-state index is 13.4. The van der Waals surface area contributed by atoms with Crippen molar-refractivity contribution in [1.29, 1.82) is 0 Å². The van der Waals surface area contributed by atoms with Crippen LogP contribution < -0.4 is 5.32 Å². The number of likely N-dealkylation sites (tertiary alicyclic amines) is 1. The Morgan fingerprint density at radius 1 is 0.548 bits per heavy atom. The van der Waals surface area contributed by atoms with Gasteiger partial charge in [-0.25, -0.2) is 0 Å². The summed E-state index contributed by atoms with van der Waals surface area (Å²) in [6.07, 6.45) is 40.3. The zero-order chi connectivity index (χ0) is 45.1. The van der Waals surface area contributed by atoms with Gasteiger partial charge < -0.3 is 24.6 Å². The quantitative estimate of drug-likeness (QED) is 0.0354. The molecule has 62 heavy (non-hydrogen) atoms. The summed E-state index contributed by atoms with van der Waals surface area (Å²) in [5, 5.41) is 12.8. The Morgan fingerprint density at radius 2 is 0.984 bits per heavy atom. The number of aliphatic hydroxyl groups is 1. The Labute approximate surface area is 384 Å². The number of esters is 2. The molecule has 0 aromatic carbocycles. The van der Waals surface area contributed by atoms with Gasteiger partial charge in [-0.05, 0) is 96.6 Å². The lowest BCUT2D eigenvalue weighted by molar-refractivity contribution is -0.150. The number of allylic oxidation sites excluding steroid dienone is 1. The Kier molecular flexibility index (Phi) is 40.7. The third kappa shape index (κ3) is 32.1. The van der Waals surface area contributed by atoms with Crippen LogP contribution in [0.25, 0.3) is 0 Å². The van der Waals surface area contributed by atoms with E-state index in [-0.39, 0.29) is 36.5 Å². The second-order valence-corrected chi connectivity index (χ2v) is 19.0. The molecular formula is C54H104N2O6. The van der Waals surface area contributed by atoms with Crippen LogP contribution in [0.5, 0.6) is 0 Å². The second kappa shape index (κ2) is 43.3. The molecule has 0 aliphatic carbocycles. The minimum atomic E-state index is -0.210. The highest BCUT2D eigenvalue weighted by Crippen LogP contribution is 2.27. The van der Waals surface area contributed by atoms with E-state index in [0.717, 1.165) is 128 Å².